The molecule has 0 heterocycles. The molecule has 0 fully saturated rings. The molecule has 0 radical (unpaired) electrons. The molecule has 0 amide bonds. The second kappa shape index (κ2) is 8.51. The van der Waals surface area contributed by atoms with Crippen LogP contribution in [0.25, 0.3) is 0 Å². The summed E-state index contributed by atoms with van der Waals surface area (Å²) in [6.45, 7) is 6.69. The van der Waals surface area contributed by atoms with Crippen LogP contribution in [0.3, 0.4) is 0 Å². The average Bonchev–Trinajstić information content (AvgIpc) is 2.43. The van der Waals surface area contributed by atoms with E-state index in [1.165, 1.54) is 0 Å². The maximum atomic E-state index is 12.3. The third-order valence-corrected chi connectivity index (χ3v) is 4.93. The topological polar surface area (TPSA) is 72.2 Å². The van der Waals surface area contributed by atoms with Crippen LogP contribution in [-0.2, 0) is 16.4 Å². The van der Waals surface area contributed by atoms with Crippen LogP contribution in [0, 0.1) is 5.92 Å². The van der Waals surface area contributed by atoms with Crippen LogP contribution < -0.4 is 10.5 Å². The molecule has 0 aliphatic heterocycles. The minimum atomic E-state index is -3.48. The minimum Gasteiger partial charge on any atom is -0.329 e. The van der Waals surface area contributed by atoms with Crippen LogP contribution in [0.15, 0.2) is 29.2 Å². The van der Waals surface area contributed by atoms with Gasteiger partial charge in [-0.2, -0.15) is 0 Å². The van der Waals surface area contributed by atoms with Crippen LogP contribution in [0.4, 0.5) is 0 Å². The Kier molecular flexibility index (Phi) is 7.35. The first-order valence-corrected chi connectivity index (χ1v) is 9.18. The molecule has 1 unspecified atom stereocenters. The van der Waals surface area contributed by atoms with E-state index in [9.17, 15) is 8.42 Å². The maximum absolute atomic E-state index is 12.3. The Morgan fingerprint density at radius 1 is 1.19 bits per heavy atom. The van der Waals surface area contributed by atoms with E-state index < -0.39 is 10.0 Å². The first-order valence-electron chi connectivity index (χ1n) is 7.70. The van der Waals surface area contributed by atoms with Gasteiger partial charge in [0.25, 0.3) is 0 Å². The third-order valence-electron chi connectivity index (χ3n) is 3.39. The Balaban J connectivity index is 2.77. The highest BCUT2D eigenvalue weighted by Crippen LogP contribution is 2.14. The van der Waals surface area contributed by atoms with Crippen LogP contribution in [0.1, 0.15) is 45.6 Å². The SMILES string of the molecule is CCCCC(CN)NS(=O)(=O)c1ccc(CC(C)C)cc1. The second-order valence-corrected chi connectivity index (χ2v) is 7.65. The summed E-state index contributed by atoms with van der Waals surface area (Å²) in [7, 11) is -3.48. The lowest BCUT2D eigenvalue weighted by Gasteiger charge is -2.17. The van der Waals surface area contributed by atoms with Crippen LogP contribution in [0.2, 0.25) is 0 Å². The zero-order valence-corrected chi connectivity index (χ0v) is 14.1. The van der Waals surface area contributed by atoms with Gasteiger partial charge in [0, 0.05) is 12.6 Å². The fraction of sp³-hybridized carbons (Fsp3) is 0.625. The zero-order chi connectivity index (χ0) is 15.9. The molecule has 120 valence electrons. The number of benzene rings is 1. The molecule has 0 aromatic heterocycles. The van der Waals surface area contributed by atoms with Crippen LogP contribution in [-0.4, -0.2) is 21.0 Å². The van der Waals surface area contributed by atoms with E-state index in [2.05, 4.69) is 25.5 Å². The molecular weight excluding hydrogens is 284 g/mol. The first-order chi connectivity index (χ1) is 9.89. The van der Waals surface area contributed by atoms with Gasteiger partial charge in [0.1, 0.15) is 0 Å². The van der Waals surface area contributed by atoms with Crippen molar-refractivity contribution in [3.05, 3.63) is 29.8 Å². The van der Waals surface area contributed by atoms with Crippen molar-refractivity contribution >= 4 is 10.0 Å². The van der Waals surface area contributed by atoms with Crippen molar-refractivity contribution in [3.63, 3.8) is 0 Å². The predicted molar refractivity (Wildman–Crippen MR) is 87.7 cm³/mol. The molecule has 1 aromatic rings. The molecule has 0 aliphatic rings. The smallest absolute Gasteiger partial charge is 0.240 e. The van der Waals surface area contributed by atoms with E-state index in [4.69, 9.17) is 5.73 Å². The van der Waals surface area contributed by atoms with E-state index in [-0.39, 0.29) is 6.04 Å². The molecule has 1 atom stereocenters. The van der Waals surface area contributed by atoms with Crippen LogP contribution >= 0.6 is 0 Å². The summed E-state index contributed by atoms with van der Waals surface area (Å²) in [5.41, 5.74) is 6.81. The van der Waals surface area contributed by atoms with E-state index in [1.807, 2.05) is 12.1 Å². The fourth-order valence-electron chi connectivity index (χ4n) is 2.24. The summed E-state index contributed by atoms with van der Waals surface area (Å²) >= 11 is 0. The lowest BCUT2D eigenvalue weighted by molar-refractivity contribution is 0.516. The van der Waals surface area contributed by atoms with Gasteiger partial charge in [0.05, 0.1) is 4.90 Å². The molecule has 0 spiro atoms. The Morgan fingerprint density at radius 3 is 2.29 bits per heavy atom. The molecule has 3 N–H and O–H groups in total. The fourth-order valence-corrected chi connectivity index (χ4v) is 3.52. The summed E-state index contributed by atoms with van der Waals surface area (Å²) in [4.78, 5) is 0.310. The quantitative estimate of drug-likeness (QED) is 0.736. The maximum Gasteiger partial charge on any atom is 0.240 e. The summed E-state index contributed by atoms with van der Waals surface area (Å²) in [5, 5.41) is 0. The molecule has 0 saturated heterocycles. The minimum absolute atomic E-state index is 0.190. The Hall–Kier alpha value is -0.910. The van der Waals surface area contributed by atoms with E-state index in [1.54, 1.807) is 12.1 Å². The van der Waals surface area contributed by atoms with Gasteiger partial charge in [-0.1, -0.05) is 45.7 Å². The van der Waals surface area contributed by atoms with Crippen molar-refractivity contribution in [2.45, 2.75) is 57.4 Å². The molecule has 21 heavy (non-hydrogen) atoms. The first kappa shape index (κ1) is 18.1. The van der Waals surface area contributed by atoms with Crippen molar-refractivity contribution in [3.8, 4) is 0 Å². The normalized spacial score (nSPS) is 13.6. The van der Waals surface area contributed by atoms with Gasteiger partial charge in [-0.25, -0.2) is 13.1 Å². The Morgan fingerprint density at radius 2 is 1.81 bits per heavy atom. The van der Waals surface area contributed by atoms with E-state index in [0.29, 0.717) is 17.4 Å². The highest BCUT2D eigenvalue weighted by atomic mass is 32.2. The molecular formula is C16H28N2O2S. The standard InChI is InChI=1S/C16H28N2O2S/c1-4-5-6-15(12-17)18-21(19,20)16-9-7-14(8-10-16)11-13(2)3/h7-10,13,15,18H,4-6,11-12,17H2,1-3H3. The van der Waals surface area contributed by atoms with Gasteiger partial charge in [0.2, 0.25) is 10.0 Å². The van der Waals surface area contributed by atoms with Gasteiger partial charge in [-0.05, 0) is 36.5 Å². The molecule has 0 bridgehead atoms. The number of hydrogen-bond donors (Lipinski definition) is 2. The van der Waals surface area contributed by atoms with Crippen molar-refractivity contribution < 1.29 is 8.42 Å². The molecule has 0 saturated carbocycles. The summed E-state index contributed by atoms with van der Waals surface area (Å²) in [6, 6.07) is 6.93. The van der Waals surface area contributed by atoms with Gasteiger partial charge in [-0.15, -0.1) is 0 Å². The number of unbranched alkanes of at least 4 members (excludes halogenated alkanes) is 1. The Bertz CT molecular complexity index is 510. The van der Waals surface area contributed by atoms with Crippen LogP contribution in [0.5, 0.6) is 0 Å². The van der Waals surface area contributed by atoms with Crippen molar-refractivity contribution in [1.82, 2.24) is 4.72 Å². The molecule has 0 aliphatic carbocycles. The van der Waals surface area contributed by atoms with E-state index >= 15 is 0 Å². The Labute approximate surface area is 129 Å². The lowest BCUT2D eigenvalue weighted by atomic mass is 10.0. The van der Waals surface area contributed by atoms with Crippen molar-refractivity contribution in [1.29, 1.82) is 0 Å². The van der Waals surface area contributed by atoms with E-state index in [0.717, 1.165) is 31.2 Å². The number of hydrogen-bond acceptors (Lipinski definition) is 3. The monoisotopic (exact) mass is 312 g/mol. The highest BCUT2D eigenvalue weighted by Gasteiger charge is 2.18. The molecule has 1 rings (SSSR count). The average molecular weight is 312 g/mol. The van der Waals surface area contributed by atoms with Crippen molar-refractivity contribution in [2.24, 2.45) is 11.7 Å². The predicted octanol–water partition coefficient (Wildman–Crippen LogP) is 2.68. The summed E-state index contributed by atoms with van der Waals surface area (Å²) < 4.78 is 27.4. The highest BCUT2D eigenvalue weighted by molar-refractivity contribution is 7.89. The third kappa shape index (κ3) is 6.16. The van der Waals surface area contributed by atoms with Gasteiger partial charge in [0.15, 0.2) is 0 Å². The number of nitrogens with one attached hydrogen (secondary N) is 1. The number of rotatable bonds is 9. The zero-order valence-electron chi connectivity index (χ0n) is 13.3. The number of nitrogens with two attached hydrogens (primary N) is 1. The van der Waals surface area contributed by atoms with Gasteiger partial charge < -0.3 is 5.73 Å². The summed E-state index contributed by atoms with van der Waals surface area (Å²) in [5.74, 6) is 0.557. The summed E-state index contributed by atoms with van der Waals surface area (Å²) in [6.07, 6.45) is 3.73. The van der Waals surface area contributed by atoms with Crippen molar-refractivity contribution in [2.75, 3.05) is 6.54 Å². The van der Waals surface area contributed by atoms with Gasteiger partial charge >= 0.3 is 0 Å². The number of sulfonamides is 1. The molecule has 1 aromatic carbocycles. The lowest BCUT2D eigenvalue weighted by Crippen LogP contribution is -2.40. The van der Waals surface area contributed by atoms with Gasteiger partial charge in [-0.3, -0.25) is 0 Å². The molecule has 4 nitrogen and oxygen atoms in total. The second-order valence-electron chi connectivity index (χ2n) is 5.94. The molecule has 5 heteroatoms. The largest absolute Gasteiger partial charge is 0.329 e.